The van der Waals surface area contributed by atoms with Gasteiger partial charge in [-0.05, 0) is 40.2 Å². The average molecular weight is 726 g/mol. The van der Waals surface area contributed by atoms with Crippen molar-refractivity contribution < 1.29 is 42.9 Å². The van der Waals surface area contributed by atoms with Crippen LogP contribution in [0, 0.1) is 0 Å². The molecule has 1 fully saturated rings. The highest BCUT2D eigenvalue weighted by Crippen LogP contribution is 2.37. The Morgan fingerprint density at radius 2 is 1.40 bits per heavy atom. The Hall–Kier alpha value is -3.82. The maximum atomic E-state index is 14.3. The van der Waals surface area contributed by atoms with Gasteiger partial charge in [0, 0.05) is 36.6 Å². The largest absolute Gasteiger partial charge is 0.463 e. The fraction of sp³-hybridized carbons (Fsp3) is 0.357. The molecule has 0 saturated carbocycles. The maximum Gasteiger partial charge on any atom is 0.338 e. The van der Waals surface area contributed by atoms with E-state index in [0.717, 1.165) is 36.8 Å². The van der Waals surface area contributed by atoms with Crippen LogP contribution in [0.3, 0.4) is 0 Å². The number of hydrogen-bond donors (Lipinski definition) is 0. The molecule has 43 heavy (non-hydrogen) atoms. The summed E-state index contributed by atoms with van der Waals surface area (Å²) in [5.41, 5.74) is -1.26. The van der Waals surface area contributed by atoms with E-state index in [0.29, 0.717) is 8.95 Å². The molecule has 0 amide bonds. The topological polar surface area (TPSA) is 158 Å². The van der Waals surface area contributed by atoms with Gasteiger partial charge in [0.15, 0.2) is 24.5 Å². The summed E-state index contributed by atoms with van der Waals surface area (Å²) in [6.45, 7) is 3.93. The number of halogens is 2. The minimum absolute atomic E-state index is 0.0614. The number of ether oxygens (including phenoxy) is 5. The van der Waals surface area contributed by atoms with Crippen molar-refractivity contribution in [3.63, 3.8) is 0 Å². The monoisotopic (exact) mass is 724 g/mol. The summed E-state index contributed by atoms with van der Waals surface area (Å²) >= 11 is 6.80. The van der Waals surface area contributed by atoms with Gasteiger partial charge in [0.25, 0.3) is 5.56 Å². The smallest absolute Gasteiger partial charge is 0.338 e. The minimum atomic E-state index is -1.59. The molecule has 1 aliphatic rings. The number of carbonyl (C=O) groups excluding carboxylic acids is 4. The normalized spacial score (nSPS) is 21.6. The van der Waals surface area contributed by atoms with Gasteiger partial charge in [-0.15, -0.1) is 0 Å². The Bertz CT molecular complexity index is 1700. The number of esters is 4. The van der Waals surface area contributed by atoms with Crippen LogP contribution in [-0.2, 0) is 42.9 Å². The summed E-state index contributed by atoms with van der Waals surface area (Å²) in [6, 6.07) is 11.2. The van der Waals surface area contributed by atoms with E-state index in [1.54, 1.807) is 36.4 Å². The Balaban J connectivity index is 2.09. The molecule has 5 atom stereocenters. The van der Waals surface area contributed by atoms with Crippen LogP contribution in [0.1, 0.15) is 33.9 Å². The molecule has 0 radical (unpaired) electrons. The molecular weight excluding hydrogens is 700 g/mol. The highest BCUT2D eigenvalue weighted by molar-refractivity contribution is 9.11. The second-order valence-electron chi connectivity index (χ2n) is 9.50. The molecule has 5 unspecified atom stereocenters. The van der Waals surface area contributed by atoms with E-state index in [1.165, 1.54) is 6.07 Å². The molecule has 13 nitrogen and oxygen atoms in total. The summed E-state index contributed by atoms with van der Waals surface area (Å²) in [5.74, 6) is -3.17. The van der Waals surface area contributed by atoms with Crippen LogP contribution in [0.15, 0.2) is 61.0 Å². The van der Waals surface area contributed by atoms with Gasteiger partial charge in [-0.2, -0.15) is 0 Å². The van der Waals surface area contributed by atoms with E-state index in [9.17, 15) is 28.8 Å². The summed E-state index contributed by atoms with van der Waals surface area (Å²) in [6.07, 6.45) is -7.46. The van der Waals surface area contributed by atoms with Gasteiger partial charge < -0.3 is 23.7 Å². The zero-order chi connectivity index (χ0) is 31.6. The van der Waals surface area contributed by atoms with Crippen molar-refractivity contribution in [2.24, 2.45) is 0 Å². The standard InChI is InChI=1S/C28H26Br2N2O11/c1-13(33)39-12-21-23(40-14(2)34)24(41-15(3)35)25(42-16(4)36)27(43-21)32-22-19(10-17(29)11-20(22)30)26(37)31(28(32)38)18-8-6-5-7-9-18/h5-11,21,23-25,27H,12H2,1-4H3. The Kier molecular flexibility index (Phi) is 9.87. The first-order valence-corrected chi connectivity index (χ1v) is 14.4. The summed E-state index contributed by atoms with van der Waals surface area (Å²) < 4.78 is 30.8. The Morgan fingerprint density at radius 1 is 0.814 bits per heavy atom. The zero-order valence-electron chi connectivity index (χ0n) is 23.3. The number of benzene rings is 2. The van der Waals surface area contributed by atoms with Gasteiger partial charge in [-0.1, -0.05) is 34.1 Å². The van der Waals surface area contributed by atoms with Crippen LogP contribution in [-0.4, -0.2) is 64.0 Å². The Labute approximate surface area is 260 Å². The number of aromatic nitrogens is 2. The fourth-order valence-corrected chi connectivity index (χ4v) is 6.26. The van der Waals surface area contributed by atoms with E-state index in [2.05, 4.69) is 31.9 Å². The maximum absolute atomic E-state index is 14.3. The SMILES string of the molecule is CC(=O)OCC1OC(n2c(=O)n(-c3ccccc3)c(=O)c3cc(Br)cc(Br)c32)C(OC(C)=O)C(OC(C)=O)C1OC(C)=O. The van der Waals surface area contributed by atoms with Crippen LogP contribution in [0.4, 0.5) is 0 Å². The summed E-state index contributed by atoms with van der Waals surface area (Å²) in [7, 11) is 0. The first-order chi connectivity index (χ1) is 20.3. The lowest BCUT2D eigenvalue weighted by molar-refractivity contribution is -0.268. The predicted molar refractivity (Wildman–Crippen MR) is 156 cm³/mol. The Morgan fingerprint density at radius 3 is 1.98 bits per heavy atom. The second-order valence-corrected chi connectivity index (χ2v) is 11.3. The molecule has 4 rings (SSSR count). The van der Waals surface area contributed by atoms with Crippen molar-refractivity contribution in [3.05, 3.63) is 72.2 Å². The van der Waals surface area contributed by atoms with Gasteiger partial charge in [-0.3, -0.25) is 28.5 Å². The van der Waals surface area contributed by atoms with Crippen molar-refractivity contribution in [1.29, 1.82) is 0 Å². The van der Waals surface area contributed by atoms with E-state index in [-0.39, 0.29) is 16.6 Å². The van der Waals surface area contributed by atoms with Crippen molar-refractivity contribution in [1.82, 2.24) is 9.13 Å². The minimum Gasteiger partial charge on any atom is -0.463 e. The van der Waals surface area contributed by atoms with Crippen molar-refractivity contribution in [2.75, 3.05) is 6.61 Å². The molecular formula is C28H26Br2N2O11. The van der Waals surface area contributed by atoms with Crippen LogP contribution in [0.2, 0.25) is 0 Å². The molecule has 1 aromatic heterocycles. The quantitative estimate of drug-likeness (QED) is 0.261. The van der Waals surface area contributed by atoms with Gasteiger partial charge in [0.2, 0.25) is 0 Å². The number of para-hydroxylation sites is 1. The van der Waals surface area contributed by atoms with Crippen molar-refractivity contribution in [2.45, 2.75) is 58.3 Å². The van der Waals surface area contributed by atoms with Crippen LogP contribution in [0.5, 0.6) is 0 Å². The van der Waals surface area contributed by atoms with Gasteiger partial charge >= 0.3 is 29.6 Å². The number of rotatable bonds is 7. The van der Waals surface area contributed by atoms with Gasteiger partial charge in [-0.25, -0.2) is 9.36 Å². The van der Waals surface area contributed by atoms with E-state index in [1.807, 2.05) is 0 Å². The average Bonchev–Trinajstić information content (AvgIpc) is 2.91. The van der Waals surface area contributed by atoms with Gasteiger partial charge in [0.05, 0.1) is 16.6 Å². The molecule has 15 heteroatoms. The number of carbonyl (C=O) groups is 4. The highest BCUT2D eigenvalue weighted by Gasteiger charge is 2.53. The number of fused-ring (bicyclic) bond motifs is 1. The molecule has 3 aromatic rings. The molecule has 2 aromatic carbocycles. The molecule has 0 spiro atoms. The predicted octanol–water partition coefficient (Wildman–Crippen LogP) is 2.93. The second kappa shape index (κ2) is 13.2. The first-order valence-electron chi connectivity index (χ1n) is 12.8. The van der Waals surface area contributed by atoms with Crippen LogP contribution >= 0.6 is 31.9 Å². The van der Waals surface area contributed by atoms with E-state index >= 15 is 0 Å². The first kappa shape index (κ1) is 32.1. The third-order valence-electron chi connectivity index (χ3n) is 6.34. The molecule has 0 bridgehead atoms. The fourth-order valence-electron chi connectivity index (χ4n) is 4.84. The zero-order valence-corrected chi connectivity index (χ0v) is 26.4. The van der Waals surface area contributed by atoms with Crippen LogP contribution < -0.4 is 11.2 Å². The third kappa shape index (κ3) is 6.89. The molecule has 0 N–H and O–H groups in total. The van der Waals surface area contributed by atoms with E-state index < -0.39 is 72.4 Å². The lowest BCUT2D eigenvalue weighted by atomic mass is 9.96. The number of nitrogens with zero attached hydrogens (tertiary/aromatic N) is 2. The number of hydrogen-bond acceptors (Lipinski definition) is 11. The van der Waals surface area contributed by atoms with Crippen LogP contribution in [0.25, 0.3) is 16.6 Å². The highest BCUT2D eigenvalue weighted by atomic mass is 79.9. The summed E-state index contributed by atoms with van der Waals surface area (Å²) in [5, 5.41) is 0.0672. The molecule has 228 valence electrons. The lowest BCUT2D eigenvalue weighted by Gasteiger charge is -2.45. The van der Waals surface area contributed by atoms with Crippen molar-refractivity contribution >= 4 is 66.6 Å². The summed E-state index contributed by atoms with van der Waals surface area (Å²) in [4.78, 5) is 76.6. The van der Waals surface area contributed by atoms with Crippen molar-refractivity contribution in [3.8, 4) is 5.69 Å². The lowest BCUT2D eigenvalue weighted by Crippen LogP contribution is -2.62. The third-order valence-corrected chi connectivity index (χ3v) is 7.40. The molecule has 0 aliphatic carbocycles. The van der Waals surface area contributed by atoms with E-state index in [4.69, 9.17) is 23.7 Å². The van der Waals surface area contributed by atoms with Gasteiger partial charge in [0.1, 0.15) is 12.7 Å². The molecule has 1 aliphatic heterocycles. The molecule has 1 saturated heterocycles. The molecule has 2 heterocycles.